The topological polar surface area (TPSA) is 16.4 Å². The first-order valence-corrected chi connectivity index (χ1v) is 14.9. The summed E-state index contributed by atoms with van der Waals surface area (Å²) in [4.78, 5) is 2.40. The van der Waals surface area contributed by atoms with Crippen LogP contribution >= 0.6 is 0 Å². The minimum Gasteiger partial charge on any atom is -0.455 e. The quantitative estimate of drug-likeness (QED) is 0.216. The van der Waals surface area contributed by atoms with E-state index in [4.69, 9.17) is 4.42 Å². The number of rotatable bonds is 2. The van der Waals surface area contributed by atoms with E-state index >= 15 is 0 Å². The van der Waals surface area contributed by atoms with Crippen LogP contribution in [0.15, 0.2) is 120 Å². The van der Waals surface area contributed by atoms with Gasteiger partial charge in [0.15, 0.2) is 0 Å². The highest BCUT2D eigenvalue weighted by Crippen LogP contribution is 2.68. The fourth-order valence-corrected chi connectivity index (χ4v) is 8.56. The molecular weight excluding hydrogens is 517 g/mol. The average Bonchev–Trinajstić information content (AvgIpc) is 3.73. The normalized spacial score (nSPS) is 20.0. The highest BCUT2D eigenvalue weighted by molar-refractivity contribution is 6.10. The molecule has 200 valence electrons. The molecule has 0 saturated heterocycles. The Bertz CT molecular complexity index is 2260. The molecule has 1 aromatic heterocycles. The van der Waals surface area contributed by atoms with Gasteiger partial charge in [-0.2, -0.15) is 0 Å². The largest absolute Gasteiger partial charge is 0.455 e. The van der Waals surface area contributed by atoms with Gasteiger partial charge in [-0.3, -0.25) is 0 Å². The summed E-state index contributed by atoms with van der Waals surface area (Å²) in [5.74, 6) is 0.379. The molecular formula is C39H26FNO. The zero-order chi connectivity index (χ0) is 27.6. The zero-order valence-corrected chi connectivity index (χ0v) is 22.9. The van der Waals surface area contributed by atoms with Crippen LogP contribution in [0.2, 0.25) is 0 Å². The van der Waals surface area contributed by atoms with Crippen molar-refractivity contribution in [2.45, 2.75) is 30.6 Å². The van der Waals surface area contributed by atoms with E-state index in [1.807, 2.05) is 24.3 Å². The third kappa shape index (κ3) is 2.79. The Morgan fingerprint density at radius 3 is 2.48 bits per heavy atom. The van der Waals surface area contributed by atoms with E-state index in [1.54, 1.807) is 6.07 Å². The summed E-state index contributed by atoms with van der Waals surface area (Å²) in [7, 11) is 0. The number of hydrogen-bond donors (Lipinski definition) is 0. The van der Waals surface area contributed by atoms with Crippen LogP contribution in [0, 0.1) is 5.82 Å². The third-order valence-corrected chi connectivity index (χ3v) is 10.3. The molecule has 2 atom stereocenters. The predicted molar refractivity (Wildman–Crippen MR) is 169 cm³/mol. The lowest BCUT2D eigenvalue weighted by Crippen LogP contribution is -2.33. The molecule has 0 radical (unpaired) electrons. The predicted octanol–water partition coefficient (Wildman–Crippen LogP) is 10.9. The Morgan fingerprint density at radius 1 is 0.762 bits per heavy atom. The molecule has 10 rings (SSSR count). The van der Waals surface area contributed by atoms with Crippen molar-refractivity contribution in [3.8, 4) is 11.1 Å². The summed E-state index contributed by atoms with van der Waals surface area (Å²) in [5, 5.41) is 4.80. The Morgan fingerprint density at radius 2 is 1.57 bits per heavy atom. The number of hydrogen-bond acceptors (Lipinski definition) is 2. The molecule has 2 nitrogen and oxygen atoms in total. The lowest BCUT2D eigenvalue weighted by atomic mass is 9.69. The van der Waals surface area contributed by atoms with Gasteiger partial charge in [0.1, 0.15) is 17.0 Å². The van der Waals surface area contributed by atoms with Gasteiger partial charge in [0, 0.05) is 32.8 Å². The average molecular weight is 544 g/mol. The van der Waals surface area contributed by atoms with Crippen LogP contribution in [-0.2, 0) is 5.41 Å². The van der Waals surface area contributed by atoms with Gasteiger partial charge in [0.2, 0.25) is 0 Å². The van der Waals surface area contributed by atoms with Gasteiger partial charge in [-0.1, -0.05) is 78.9 Å². The summed E-state index contributed by atoms with van der Waals surface area (Å²) in [6.07, 6.45) is 3.33. The van der Waals surface area contributed by atoms with Crippen LogP contribution < -0.4 is 4.90 Å². The molecule has 42 heavy (non-hydrogen) atoms. The second kappa shape index (κ2) is 7.89. The molecule has 1 aliphatic heterocycles. The molecule has 3 aliphatic rings. The number of halogens is 1. The van der Waals surface area contributed by atoms with Crippen molar-refractivity contribution < 1.29 is 8.81 Å². The van der Waals surface area contributed by atoms with Gasteiger partial charge < -0.3 is 9.32 Å². The molecule has 0 amide bonds. The number of nitrogens with zero attached hydrogens (tertiary/aromatic N) is 1. The summed E-state index contributed by atoms with van der Waals surface area (Å²) in [6, 6.07) is 40.0. The minimum atomic E-state index is -0.154. The molecule has 0 N–H and O–H groups in total. The minimum absolute atomic E-state index is 0.107. The Hall–Kier alpha value is -4.89. The molecule has 1 spiro atoms. The van der Waals surface area contributed by atoms with Gasteiger partial charge in [-0.25, -0.2) is 4.39 Å². The van der Waals surface area contributed by atoms with Crippen molar-refractivity contribution in [1.29, 1.82) is 0 Å². The lowest BCUT2D eigenvalue weighted by molar-refractivity contribution is 0.536. The summed E-state index contributed by atoms with van der Waals surface area (Å²) >= 11 is 0. The maximum atomic E-state index is 14.9. The number of anilines is 3. The SMILES string of the molecule is Fc1ccc2c(c1)C13CCC(C1)c1cc4ccccc4c(c13)N2c1ccc(-c2cccc3c2oc2ccccc23)cc1. The maximum Gasteiger partial charge on any atom is 0.143 e. The lowest BCUT2D eigenvalue weighted by Gasteiger charge is -2.44. The van der Waals surface area contributed by atoms with Crippen molar-refractivity contribution in [3.05, 3.63) is 138 Å². The highest BCUT2D eigenvalue weighted by Gasteiger charge is 2.55. The second-order valence-corrected chi connectivity index (χ2v) is 12.3. The fourth-order valence-electron chi connectivity index (χ4n) is 8.56. The second-order valence-electron chi connectivity index (χ2n) is 12.3. The van der Waals surface area contributed by atoms with Crippen LogP contribution in [0.5, 0.6) is 0 Å². The standard InChI is InChI=1S/C39H26FNO/c40-26-14-17-34-33(21-26)39-19-18-25(22-39)32-20-24-6-1-2-7-28(24)37(36(32)39)41(34)27-15-12-23(13-16-27)29-9-5-10-31-30-8-3-4-11-35(30)42-38(29)31/h1-17,20-21,25H,18-19,22H2. The van der Waals surface area contributed by atoms with Crippen LogP contribution in [0.1, 0.15) is 41.9 Å². The number of para-hydroxylation sites is 2. The van der Waals surface area contributed by atoms with Crippen LogP contribution in [-0.4, -0.2) is 0 Å². The molecule has 7 aromatic rings. The Balaban J connectivity index is 1.20. The van der Waals surface area contributed by atoms with Crippen LogP contribution in [0.4, 0.5) is 21.5 Å². The molecule has 6 aromatic carbocycles. The first-order chi connectivity index (χ1) is 20.7. The van der Waals surface area contributed by atoms with Crippen LogP contribution in [0.3, 0.4) is 0 Å². The van der Waals surface area contributed by atoms with Gasteiger partial charge in [-0.05, 0) is 89.2 Å². The number of benzene rings is 6. The molecule has 3 heteroatoms. The Labute approximate surface area is 242 Å². The van der Waals surface area contributed by atoms with Gasteiger partial charge in [0.25, 0.3) is 0 Å². The zero-order valence-electron chi connectivity index (χ0n) is 22.9. The number of fused-ring (bicyclic) bond motifs is 8. The van der Waals surface area contributed by atoms with E-state index < -0.39 is 0 Å². The van der Waals surface area contributed by atoms with Gasteiger partial charge in [-0.15, -0.1) is 0 Å². The third-order valence-electron chi connectivity index (χ3n) is 10.3. The maximum absolute atomic E-state index is 14.9. The summed E-state index contributed by atoms with van der Waals surface area (Å²) in [5.41, 5.74) is 11.4. The first-order valence-electron chi connectivity index (χ1n) is 14.9. The molecule has 2 unspecified atom stereocenters. The molecule has 2 heterocycles. The van der Waals surface area contributed by atoms with E-state index in [0.717, 1.165) is 62.8 Å². The van der Waals surface area contributed by atoms with Gasteiger partial charge >= 0.3 is 0 Å². The smallest absolute Gasteiger partial charge is 0.143 e. The first kappa shape index (κ1) is 22.8. The fraction of sp³-hybridized carbons (Fsp3) is 0.128. The van der Waals surface area contributed by atoms with Crippen molar-refractivity contribution in [2.75, 3.05) is 4.90 Å². The summed E-state index contributed by atoms with van der Waals surface area (Å²) in [6.45, 7) is 0. The van der Waals surface area contributed by atoms with E-state index in [0.29, 0.717) is 5.92 Å². The van der Waals surface area contributed by atoms with E-state index in [1.165, 1.54) is 34.0 Å². The summed E-state index contributed by atoms with van der Waals surface area (Å²) < 4.78 is 21.3. The number of furan rings is 1. The Kier molecular flexibility index (Phi) is 4.28. The molecule has 1 fully saturated rings. The highest BCUT2D eigenvalue weighted by atomic mass is 19.1. The van der Waals surface area contributed by atoms with Crippen molar-refractivity contribution in [2.24, 2.45) is 0 Å². The monoisotopic (exact) mass is 543 g/mol. The molecule has 2 bridgehead atoms. The van der Waals surface area contributed by atoms with Gasteiger partial charge in [0.05, 0.1) is 11.4 Å². The van der Waals surface area contributed by atoms with Crippen molar-refractivity contribution in [1.82, 2.24) is 0 Å². The van der Waals surface area contributed by atoms with E-state index in [-0.39, 0.29) is 11.2 Å². The molecule has 2 aliphatic carbocycles. The van der Waals surface area contributed by atoms with Crippen molar-refractivity contribution in [3.63, 3.8) is 0 Å². The van der Waals surface area contributed by atoms with Crippen LogP contribution in [0.25, 0.3) is 43.8 Å². The van der Waals surface area contributed by atoms with E-state index in [2.05, 4.69) is 89.8 Å². The van der Waals surface area contributed by atoms with Crippen molar-refractivity contribution >= 4 is 49.8 Å². The molecule has 1 saturated carbocycles. The van der Waals surface area contributed by atoms with E-state index in [9.17, 15) is 4.39 Å².